The number of sulfonamides is 1. The van der Waals surface area contributed by atoms with Gasteiger partial charge < -0.3 is 20.5 Å². The predicted molar refractivity (Wildman–Crippen MR) is 117 cm³/mol. The minimum absolute atomic E-state index is 0. The van der Waals surface area contributed by atoms with Crippen molar-refractivity contribution in [2.75, 3.05) is 40.0 Å². The van der Waals surface area contributed by atoms with E-state index in [1.165, 1.54) is 4.31 Å². The van der Waals surface area contributed by atoms with Crippen molar-refractivity contribution in [3.8, 4) is 0 Å². The molecular weight excluding hydrogens is 483 g/mol. The Balaban J connectivity index is 0.00000364. The Morgan fingerprint density at radius 3 is 2.59 bits per heavy atom. The van der Waals surface area contributed by atoms with Crippen LogP contribution in [0.2, 0.25) is 0 Å². The van der Waals surface area contributed by atoms with Crippen molar-refractivity contribution in [3.05, 3.63) is 35.4 Å². The van der Waals surface area contributed by atoms with E-state index in [0.717, 1.165) is 11.1 Å². The number of nitrogens with one attached hydrogen (secondary N) is 1. The number of guanidine groups is 1. The molecule has 1 aliphatic rings. The Labute approximate surface area is 178 Å². The van der Waals surface area contributed by atoms with E-state index in [2.05, 4.69) is 10.3 Å². The van der Waals surface area contributed by atoms with Gasteiger partial charge in [0, 0.05) is 26.2 Å². The van der Waals surface area contributed by atoms with E-state index in [-0.39, 0.29) is 35.8 Å². The maximum Gasteiger partial charge on any atom is 0.218 e. The standard InChI is InChI=1S/C17H28N4O4S.HI/c1-14(12-24-2)20-17(18)19-11-15-5-3-4-6-16(15)13-26(22,23)21-7-9-25-10-8-21;/h3-6,14H,7-13H2,1-2H3,(H3,18,19,20);1H. The minimum Gasteiger partial charge on any atom is -0.383 e. The van der Waals surface area contributed by atoms with Gasteiger partial charge in [-0.25, -0.2) is 13.4 Å². The van der Waals surface area contributed by atoms with Gasteiger partial charge in [-0.2, -0.15) is 4.31 Å². The lowest BCUT2D eigenvalue weighted by molar-refractivity contribution is 0.0729. The first-order valence-electron chi connectivity index (χ1n) is 8.60. The van der Waals surface area contributed by atoms with E-state index in [1.807, 2.05) is 31.2 Å². The van der Waals surface area contributed by atoms with Gasteiger partial charge in [0.2, 0.25) is 10.0 Å². The fourth-order valence-corrected chi connectivity index (χ4v) is 4.29. The average molecular weight is 512 g/mol. The van der Waals surface area contributed by atoms with Gasteiger partial charge >= 0.3 is 0 Å². The highest BCUT2D eigenvalue weighted by atomic mass is 127. The monoisotopic (exact) mass is 512 g/mol. The number of halogens is 1. The Hall–Kier alpha value is -0.950. The molecule has 3 N–H and O–H groups in total. The zero-order valence-corrected chi connectivity index (χ0v) is 18.9. The summed E-state index contributed by atoms with van der Waals surface area (Å²) in [5.41, 5.74) is 7.47. The predicted octanol–water partition coefficient (Wildman–Crippen LogP) is 0.906. The summed E-state index contributed by atoms with van der Waals surface area (Å²) in [5.74, 6) is 0.256. The van der Waals surface area contributed by atoms with Gasteiger partial charge in [-0.15, -0.1) is 24.0 Å². The summed E-state index contributed by atoms with van der Waals surface area (Å²) in [4.78, 5) is 4.32. The number of hydrogen-bond acceptors (Lipinski definition) is 5. The number of nitrogens with zero attached hydrogens (tertiary/aromatic N) is 2. The van der Waals surface area contributed by atoms with E-state index >= 15 is 0 Å². The van der Waals surface area contributed by atoms with Crippen LogP contribution in [0.1, 0.15) is 18.1 Å². The molecule has 10 heteroatoms. The molecule has 0 bridgehead atoms. The number of rotatable bonds is 8. The summed E-state index contributed by atoms with van der Waals surface area (Å²) in [7, 11) is -1.76. The Morgan fingerprint density at radius 1 is 1.33 bits per heavy atom. The summed E-state index contributed by atoms with van der Waals surface area (Å²) < 4.78 is 37.1. The third-order valence-electron chi connectivity index (χ3n) is 4.05. The molecule has 0 saturated carbocycles. The first-order valence-corrected chi connectivity index (χ1v) is 10.2. The van der Waals surface area contributed by atoms with Crippen LogP contribution in [-0.4, -0.2) is 64.7 Å². The number of aliphatic imine (C=N–C) groups is 1. The molecule has 1 aliphatic heterocycles. The second-order valence-corrected chi connectivity index (χ2v) is 8.21. The summed E-state index contributed by atoms with van der Waals surface area (Å²) >= 11 is 0. The van der Waals surface area contributed by atoms with Crippen molar-refractivity contribution < 1.29 is 17.9 Å². The molecule has 154 valence electrons. The Kier molecular flexibility index (Phi) is 10.5. The number of benzene rings is 1. The number of methoxy groups -OCH3 is 1. The molecule has 1 saturated heterocycles. The highest BCUT2D eigenvalue weighted by Crippen LogP contribution is 2.17. The van der Waals surface area contributed by atoms with E-state index in [9.17, 15) is 8.42 Å². The lowest BCUT2D eigenvalue weighted by atomic mass is 10.1. The molecule has 27 heavy (non-hydrogen) atoms. The maximum absolute atomic E-state index is 12.6. The van der Waals surface area contributed by atoms with Crippen molar-refractivity contribution in [1.29, 1.82) is 0 Å². The van der Waals surface area contributed by atoms with Crippen molar-refractivity contribution in [3.63, 3.8) is 0 Å². The molecule has 0 amide bonds. The second kappa shape index (κ2) is 11.8. The van der Waals surface area contributed by atoms with Gasteiger partial charge in [-0.1, -0.05) is 24.3 Å². The molecule has 0 aromatic heterocycles. The lowest BCUT2D eigenvalue weighted by Crippen LogP contribution is -2.41. The quantitative estimate of drug-likeness (QED) is 0.305. The molecule has 1 heterocycles. The third-order valence-corrected chi connectivity index (χ3v) is 5.88. The summed E-state index contributed by atoms with van der Waals surface area (Å²) in [5, 5.41) is 3.03. The van der Waals surface area contributed by atoms with Crippen LogP contribution >= 0.6 is 24.0 Å². The number of morpholine rings is 1. The number of ether oxygens (including phenoxy) is 2. The van der Waals surface area contributed by atoms with Gasteiger partial charge in [0.15, 0.2) is 5.96 Å². The van der Waals surface area contributed by atoms with Gasteiger partial charge in [0.05, 0.1) is 32.1 Å². The van der Waals surface area contributed by atoms with E-state index < -0.39 is 10.0 Å². The van der Waals surface area contributed by atoms with Crippen LogP contribution in [0.4, 0.5) is 0 Å². The Bertz CT molecular complexity index is 709. The summed E-state index contributed by atoms with van der Waals surface area (Å²) in [6, 6.07) is 7.44. The van der Waals surface area contributed by atoms with Crippen LogP contribution in [-0.2, 0) is 31.8 Å². The largest absolute Gasteiger partial charge is 0.383 e. The second-order valence-electron chi connectivity index (χ2n) is 6.24. The van der Waals surface area contributed by atoms with Gasteiger partial charge in [0.25, 0.3) is 0 Å². The first-order chi connectivity index (χ1) is 12.4. The molecule has 0 spiro atoms. The topological polar surface area (TPSA) is 106 Å². The highest BCUT2D eigenvalue weighted by molar-refractivity contribution is 14.0. The molecular formula is C17H29IN4O4S. The van der Waals surface area contributed by atoms with Crippen LogP contribution < -0.4 is 11.1 Å². The smallest absolute Gasteiger partial charge is 0.218 e. The van der Waals surface area contributed by atoms with Crippen LogP contribution in [0, 0.1) is 0 Å². The van der Waals surface area contributed by atoms with Crippen molar-refractivity contribution in [1.82, 2.24) is 9.62 Å². The fourth-order valence-electron chi connectivity index (χ4n) is 2.73. The molecule has 0 aliphatic carbocycles. The highest BCUT2D eigenvalue weighted by Gasteiger charge is 2.25. The molecule has 0 radical (unpaired) electrons. The van der Waals surface area contributed by atoms with Crippen molar-refractivity contribution in [2.24, 2.45) is 10.7 Å². The van der Waals surface area contributed by atoms with Gasteiger partial charge in [-0.05, 0) is 18.1 Å². The Morgan fingerprint density at radius 2 is 1.96 bits per heavy atom. The maximum atomic E-state index is 12.6. The van der Waals surface area contributed by atoms with Crippen molar-refractivity contribution >= 4 is 40.0 Å². The van der Waals surface area contributed by atoms with E-state index in [4.69, 9.17) is 15.2 Å². The third kappa shape index (κ3) is 7.90. The number of hydrogen-bond donors (Lipinski definition) is 2. The summed E-state index contributed by atoms with van der Waals surface area (Å²) in [6.45, 7) is 4.44. The van der Waals surface area contributed by atoms with Gasteiger partial charge in [-0.3, -0.25) is 0 Å². The molecule has 8 nitrogen and oxygen atoms in total. The van der Waals surface area contributed by atoms with Crippen LogP contribution in [0.5, 0.6) is 0 Å². The van der Waals surface area contributed by atoms with Crippen LogP contribution in [0.15, 0.2) is 29.3 Å². The van der Waals surface area contributed by atoms with Crippen molar-refractivity contribution in [2.45, 2.75) is 25.3 Å². The number of nitrogens with two attached hydrogens (primary N) is 1. The fraction of sp³-hybridized carbons (Fsp3) is 0.588. The molecule has 1 aromatic rings. The van der Waals surface area contributed by atoms with E-state index in [1.54, 1.807) is 7.11 Å². The first kappa shape index (κ1) is 24.1. The van der Waals surface area contributed by atoms with Crippen LogP contribution in [0.25, 0.3) is 0 Å². The molecule has 2 rings (SSSR count). The lowest BCUT2D eigenvalue weighted by Gasteiger charge is -2.26. The molecule has 1 unspecified atom stereocenters. The van der Waals surface area contributed by atoms with Gasteiger partial charge in [0.1, 0.15) is 0 Å². The zero-order chi connectivity index (χ0) is 19.0. The molecule has 1 atom stereocenters. The van der Waals surface area contributed by atoms with Crippen LogP contribution in [0.3, 0.4) is 0 Å². The average Bonchev–Trinajstić information content (AvgIpc) is 2.61. The normalized spacial score (nSPS) is 17.2. The van der Waals surface area contributed by atoms with E-state index in [0.29, 0.717) is 45.4 Å². The molecule has 1 fully saturated rings. The minimum atomic E-state index is -3.38. The summed E-state index contributed by atoms with van der Waals surface area (Å²) in [6.07, 6.45) is 0. The zero-order valence-electron chi connectivity index (χ0n) is 15.8. The SMILES string of the molecule is COCC(C)NC(N)=NCc1ccccc1CS(=O)(=O)N1CCOCC1.I. The molecule has 1 aromatic carbocycles.